The third kappa shape index (κ3) is 8.97. The second-order valence-electron chi connectivity index (χ2n) is 8.49. The maximum Gasteiger partial charge on any atom is 0.302 e. The summed E-state index contributed by atoms with van der Waals surface area (Å²) in [7, 11) is 0. The van der Waals surface area contributed by atoms with Crippen LogP contribution in [0.25, 0.3) is 0 Å². The van der Waals surface area contributed by atoms with Gasteiger partial charge in [-0.2, -0.15) is 0 Å². The van der Waals surface area contributed by atoms with Gasteiger partial charge in [-0.1, -0.05) is 62.9 Å². The van der Waals surface area contributed by atoms with Crippen molar-refractivity contribution in [1.82, 2.24) is 10.6 Å². The van der Waals surface area contributed by atoms with Gasteiger partial charge in [-0.05, 0) is 24.8 Å². The molecule has 0 heterocycles. The van der Waals surface area contributed by atoms with E-state index in [9.17, 15) is 19.8 Å². The molecule has 1 fully saturated rings. The third-order valence-corrected chi connectivity index (χ3v) is 5.82. The second-order valence-corrected chi connectivity index (χ2v) is 8.49. The van der Waals surface area contributed by atoms with E-state index in [1.165, 1.54) is 6.92 Å². The molecule has 1 aromatic rings. The molecule has 4 N–H and O–H groups in total. The molecular formula is C24H38N2O5. The molecule has 31 heavy (non-hydrogen) atoms. The predicted octanol–water partition coefficient (Wildman–Crippen LogP) is 2.09. The number of aliphatic hydroxyl groups excluding tert-OH is 2. The van der Waals surface area contributed by atoms with Crippen LogP contribution in [0.2, 0.25) is 0 Å². The van der Waals surface area contributed by atoms with E-state index in [-0.39, 0.29) is 12.0 Å². The molecule has 1 amide bonds. The highest BCUT2D eigenvalue weighted by atomic mass is 16.5. The van der Waals surface area contributed by atoms with Gasteiger partial charge in [0.2, 0.25) is 0 Å². The summed E-state index contributed by atoms with van der Waals surface area (Å²) >= 11 is 0. The SMILES string of the molecule is CCCC[C@H](NC[C@H](Cc1ccccc1)OC(C)=O)[C@H](O)C(=O)N[C@H]1CCCC[C@@H]1O. The van der Waals surface area contributed by atoms with Crippen LogP contribution < -0.4 is 10.6 Å². The minimum Gasteiger partial charge on any atom is -0.461 e. The number of amides is 1. The van der Waals surface area contributed by atoms with Gasteiger partial charge in [-0.25, -0.2) is 0 Å². The van der Waals surface area contributed by atoms with Gasteiger partial charge in [-0.15, -0.1) is 0 Å². The molecular weight excluding hydrogens is 396 g/mol. The molecule has 5 atom stereocenters. The lowest BCUT2D eigenvalue weighted by molar-refractivity contribution is -0.146. The fraction of sp³-hybridized carbons (Fsp3) is 0.667. The van der Waals surface area contributed by atoms with Crippen molar-refractivity contribution < 1.29 is 24.5 Å². The Morgan fingerprint density at radius 3 is 2.55 bits per heavy atom. The first-order chi connectivity index (χ1) is 14.9. The lowest BCUT2D eigenvalue weighted by Gasteiger charge is -2.31. The minimum atomic E-state index is -1.24. The van der Waals surface area contributed by atoms with Crippen molar-refractivity contribution in [3.05, 3.63) is 35.9 Å². The van der Waals surface area contributed by atoms with Crippen LogP contribution in [0.15, 0.2) is 30.3 Å². The zero-order valence-corrected chi connectivity index (χ0v) is 18.8. The topological polar surface area (TPSA) is 108 Å². The van der Waals surface area contributed by atoms with Crippen LogP contribution in [0.1, 0.15) is 64.4 Å². The van der Waals surface area contributed by atoms with Gasteiger partial charge < -0.3 is 25.6 Å². The maximum atomic E-state index is 12.7. The Morgan fingerprint density at radius 1 is 1.19 bits per heavy atom. The van der Waals surface area contributed by atoms with Crippen molar-refractivity contribution >= 4 is 11.9 Å². The Hall–Kier alpha value is -1.96. The summed E-state index contributed by atoms with van der Waals surface area (Å²) < 4.78 is 5.47. The molecule has 0 aliphatic heterocycles. The molecule has 7 heteroatoms. The summed E-state index contributed by atoms with van der Waals surface area (Å²) in [6.07, 6.45) is 4.05. The molecule has 0 radical (unpaired) electrons. The normalized spacial score (nSPS) is 21.7. The van der Waals surface area contributed by atoms with Gasteiger partial charge in [0.25, 0.3) is 5.91 Å². The van der Waals surface area contributed by atoms with Crippen LogP contribution in [-0.2, 0) is 20.7 Å². The van der Waals surface area contributed by atoms with E-state index in [4.69, 9.17) is 4.74 Å². The maximum absolute atomic E-state index is 12.7. The van der Waals surface area contributed by atoms with E-state index in [1.807, 2.05) is 30.3 Å². The zero-order valence-electron chi connectivity index (χ0n) is 18.8. The van der Waals surface area contributed by atoms with E-state index in [0.29, 0.717) is 25.8 Å². The van der Waals surface area contributed by atoms with Gasteiger partial charge in [0.15, 0.2) is 0 Å². The first-order valence-corrected chi connectivity index (χ1v) is 11.5. The highest BCUT2D eigenvalue weighted by Crippen LogP contribution is 2.19. The Labute approximate surface area is 185 Å². The van der Waals surface area contributed by atoms with Gasteiger partial charge in [-0.3, -0.25) is 9.59 Å². The number of carbonyl (C=O) groups is 2. The highest BCUT2D eigenvalue weighted by Gasteiger charge is 2.31. The van der Waals surface area contributed by atoms with Crippen LogP contribution in [0, 0.1) is 0 Å². The molecule has 2 rings (SSSR count). The number of nitrogens with one attached hydrogen (secondary N) is 2. The highest BCUT2D eigenvalue weighted by molar-refractivity contribution is 5.81. The summed E-state index contributed by atoms with van der Waals surface area (Å²) in [5.74, 6) is -0.830. The molecule has 174 valence electrons. The number of aliphatic hydroxyl groups is 2. The zero-order chi connectivity index (χ0) is 22.6. The third-order valence-electron chi connectivity index (χ3n) is 5.82. The number of carbonyl (C=O) groups excluding carboxylic acids is 2. The molecule has 1 saturated carbocycles. The van der Waals surface area contributed by atoms with Gasteiger partial charge >= 0.3 is 5.97 Å². The van der Waals surface area contributed by atoms with E-state index in [0.717, 1.165) is 37.7 Å². The summed E-state index contributed by atoms with van der Waals surface area (Å²) in [5, 5.41) is 26.9. The minimum absolute atomic E-state index is 0.311. The van der Waals surface area contributed by atoms with Crippen molar-refractivity contribution in [3.8, 4) is 0 Å². The number of benzene rings is 1. The number of esters is 1. The van der Waals surface area contributed by atoms with Crippen molar-refractivity contribution in [2.45, 2.75) is 95.6 Å². The molecule has 0 saturated heterocycles. The van der Waals surface area contributed by atoms with E-state index in [2.05, 4.69) is 17.6 Å². The summed E-state index contributed by atoms with van der Waals surface area (Å²) in [6, 6.07) is 8.98. The number of rotatable bonds is 12. The average molecular weight is 435 g/mol. The van der Waals surface area contributed by atoms with Crippen molar-refractivity contribution in [2.24, 2.45) is 0 Å². The largest absolute Gasteiger partial charge is 0.461 e. The summed E-state index contributed by atoms with van der Waals surface area (Å²) in [4.78, 5) is 24.2. The lowest BCUT2D eigenvalue weighted by Crippen LogP contribution is -2.55. The molecule has 1 aliphatic carbocycles. The average Bonchev–Trinajstić information content (AvgIpc) is 2.75. The Bertz CT molecular complexity index is 669. The van der Waals surface area contributed by atoms with Crippen LogP contribution in [0.3, 0.4) is 0 Å². The van der Waals surface area contributed by atoms with Gasteiger partial charge in [0.05, 0.1) is 12.1 Å². The smallest absolute Gasteiger partial charge is 0.302 e. The van der Waals surface area contributed by atoms with Crippen molar-refractivity contribution in [2.75, 3.05) is 6.54 Å². The Morgan fingerprint density at radius 2 is 1.90 bits per heavy atom. The number of hydrogen-bond acceptors (Lipinski definition) is 6. The monoisotopic (exact) mass is 434 g/mol. The van der Waals surface area contributed by atoms with Crippen LogP contribution >= 0.6 is 0 Å². The fourth-order valence-electron chi connectivity index (χ4n) is 4.08. The van der Waals surface area contributed by atoms with E-state index in [1.54, 1.807) is 0 Å². The molecule has 0 aromatic heterocycles. The standard InChI is InChI=1S/C24H38N2O5/c1-3-4-12-21(23(29)24(30)26-20-13-8-9-14-22(20)28)25-16-19(31-17(2)27)15-18-10-6-5-7-11-18/h5-7,10-11,19-23,25,28-29H,3-4,8-9,12-16H2,1-2H3,(H,26,30)/t19-,20-,21-,22-,23-/m0/s1. The van der Waals surface area contributed by atoms with Gasteiger partial charge in [0, 0.05) is 25.9 Å². The van der Waals surface area contributed by atoms with Crippen molar-refractivity contribution in [1.29, 1.82) is 0 Å². The van der Waals surface area contributed by atoms with Crippen molar-refractivity contribution in [3.63, 3.8) is 0 Å². The molecule has 7 nitrogen and oxygen atoms in total. The summed E-state index contributed by atoms with van der Waals surface area (Å²) in [6.45, 7) is 3.77. The number of unbranched alkanes of at least 4 members (excludes halogenated alkanes) is 1. The predicted molar refractivity (Wildman–Crippen MR) is 119 cm³/mol. The number of hydrogen-bond donors (Lipinski definition) is 4. The van der Waals surface area contributed by atoms with E-state index >= 15 is 0 Å². The Kier molecular flexibility index (Phi) is 11.0. The van der Waals surface area contributed by atoms with E-state index < -0.39 is 30.3 Å². The molecule has 0 spiro atoms. The first kappa shape index (κ1) is 25.3. The van der Waals surface area contributed by atoms with Crippen LogP contribution in [0.5, 0.6) is 0 Å². The summed E-state index contributed by atoms with van der Waals surface area (Å²) in [5.41, 5.74) is 1.05. The molecule has 0 unspecified atom stereocenters. The fourth-order valence-corrected chi connectivity index (χ4v) is 4.08. The van der Waals surface area contributed by atoms with Crippen LogP contribution in [0.4, 0.5) is 0 Å². The van der Waals surface area contributed by atoms with Crippen LogP contribution in [-0.4, -0.2) is 59.0 Å². The molecule has 1 aliphatic rings. The number of ether oxygens (including phenoxy) is 1. The lowest BCUT2D eigenvalue weighted by atomic mass is 9.92. The van der Waals surface area contributed by atoms with Gasteiger partial charge in [0.1, 0.15) is 12.2 Å². The quantitative estimate of drug-likeness (QED) is 0.375. The second kappa shape index (κ2) is 13.5. The molecule has 1 aromatic carbocycles. The Balaban J connectivity index is 1.98. The first-order valence-electron chi connectivity index (χ1n) is 11.5. The molecule has 0 bridgehead atoms.